The monoisotopic (exact) mass is 287 g/mol. The second-order valence-corrected chi connectivity index (χ2v) is 5.49. The highest BCUT2D eigenvalue weighted by atomic mass is 16.6. The normalized spacial score (nSPS) is 27.8. The summed E-state index contributed by atoms with van der Waals surface area (Å²) in [5, 5.41) is 7.46. The molecular formula is C15H17N3O3. The van der Waals surface area contributed by atoms with Gasteiger partial charge in [-0.05, 0) is 32.0 Å². The Morgan fingerprint density at radius 3 is 2.90 bits per heavy atom. The first kappa shape index (κ1) is 12.6. The molecule has 0 bridgehead atoms. The smallest absolute Gasteiger partial charge is 0.231 e. The summed E-state index contributed by atoms with van der Waals surface area (Å²) in [5.74, 6) is 2.99. The summed E-state index contributed by atoms with van der Waals surface area (Å²) in [7, 11) is 0. The molecule has 1 fully saturated rings. The maximum Gasteiger partial charge on any atom is 0.231 e. The molecule has 0 amide bonds. The average Bonchev–Trinajstić information content (AvgIpc) is 3.15. The molecule has 1 saturated heterocycles. The van der Waals surface area contributed by atoms with Crippen molar-refractivity contribution in [2.24, 2.45) is 0 Å². The SMILES string of the molecule is CC1NCCC1c1nc(C2COc3ccccc3O2)no1. The maximum atomic E-state index is 5.90. The van der Waals surface area contributed by atoms with Gasteiger partial charge >= 0.3 is 0 Å². The van der Waals surface area contributed by atoms with Crippen molar-refractivity contribution in [2.45, 2.75) is 31.4 Å². The maximum absolute atomic E-state index is 5.90. The lowest BCUT2D eigenvalue weighted by molar-refractivity contribution is 0.0832. The Labute approximate surface area is 122 Å². The molecule has 6 heteroatoms. The van der Waals surface area contributed by atoms with Gasteiger partial charge in [-0.3, -0.25) is 0 Å². The van der Waals surface area contributed by atoms with E-state index in [4.69, 9.17) is 14.0 Å². The molecule has 3 atom stereocenters. The van der Waals surface area contributed by atoms with Crippen molar-refractivity contribution in [2.75, 3.05) is 13.2 Å². The number of nitrogens with zero attached hydrogens (tertiary/aromatic N) is 2. The van der Waals surface area contributed by atoms with Gasteiger partial charge in [0.15, 0.2) is 17.6 Å². The van der Waals surface area contributed by atoms with Crippen LogP contribution in [0, 0.1) is 0 Å². The number of benzene rings is 1. The third-order valence-electron chi connectivity index (χ3n) is 4.10. The van der Waals surface area contributed by atoms with Gasteiger partial charge in [-0.1, -0.05) is 17.3 Å². The molecule has 21 heavy (non-hydrogen) atoms. The Morgan fingerprint density at radius 2 is 2.10 bits per heavy atom. The molecule has 0 saturated carbocycles. The van der Waals surface area contributed by atoms with E-state index in [2.05, 4.69) is 22.4 Å². The minimum Gasteiger partial charge on any atom is -0.485 e. The minimum atomic E-state index is -0.318. The van der Waals surface area contributed by atoms with Crippen molar-refractivity contribution in [1.82, 2.24) is 15.5 Å². The highest BCUT2D eigenvalue weighted by Gasteiger charge is 2.32. The van der Waals surface area contributed by atoms with Gasteiger partial charge in [0, 0.05) is 6.04 Å². The summed E-state index contributed by atoms with van der Waals surface area (Å²) in [5.41, 5.74) is 0. The number of hydrogen-bond donors (Lipinski definition) is 1. The molecule has 0 aliphatic carbocycles. The fourth-order valence-corrected chi connectivity index (χ4v) is 2.87. The zero-order valence-corrected chi connectivity index (χ0v) is 11.8. The van der Waals surface area contributed by atoms with Crippen molar-refractivity contribution >= 4 is 0 Å². The van der Waals surface area contributed by atoms with Gasteiger partial charge in [0.05, 0.1) is 5.92 Å². The Hall–Kier alpha value is -2.08. The number of hydrogen-bond acceptors (Lipinski definition) is 6. The highest BCUT2D eigenvalue weighted by Crippen LogP contribution is 2.35. The third kappa shape index (κ3) is 2.25. The minimum absolute atomic E-state index is 0.281. The number of aromatic nitrogens is 2. The molecule has 2 aliphatic heterocycles. The van der Waals surface area contributed by atoms with Crippen LogP contribution >= 0.6 is 0 Å². The van der Waals surface area contributed by atoms with Gasteiger partial charge in [0.25, 0.3) is 0 Å². The molecule has 6 nitrogen and oxygen atoms in total. The van der Waals surface area contributed by atoms with Crippen molar-refractivity contribution in [3.05, 3.63) is 36.0 Å². The van der Waals surface area contributed by atoms with E-state index in [9.17, 15) is 0 Å². The van der Waals surface area contributed by atoms with Crippen molar-refractivity contribution in [3.63, 3.8) is 0 Å². The van der Waals surface area contributed by atoms with Crippen LogP contribution in [0.25, 0.3) is 0 Å². The molecule has 2 aromatic rings. The van der Waals surface area contributed by atoms with E-state index < -0.39 is 0 Å². The molecule has 3 heterocycles. The largest absolute Gasteiger partial charge is 0.485 e. The second kappa shape index (κ2) is 5.04. The van der Waals surface area contributed by atoms with Crippen LogP contribution < -0.4 is 14.8 Å². The van der Waals surface area contributed by atoms with Crippen molar-refractivity contribution in [1.29, 1.82) is 0 Å². The molecule has 4 rings (SSSR count). The van der Waals surface area contributed by atoms with Gasteiger partial charge < -0.3 is 19.3 Å². The van der Waals surface area contributed by atoms with E-state index in [1.165, 1.54) is 0 Å². The summed E-state index contributed by atoms with van der Waals surface area (Å²) in [6.07, 6.45) is 0.704. The second-order valence-electron chi connectivity index (χ2n) is 5.49. The topological polar surface area (TPSA) is 69.4 Å². The van der Waals surface area contributed by atoms with Crippen LogP contribution in [0.15, 0.2) is 28.8 Å². The molecule has 1 aromatic heterocycles. The molecular weight excluding hydrogens is 270 g/mol. The van der Waals surface area contributed by atoms with Gasteiger partial charge in [0.2, 0.25) is 11.7 Å². The fourth-order valence-electron chi connectivity index (χ4n) is 2.87. The predicted octanol–water partition coefficient (Wildman–Crippen LogP) is 2.05. The Kier molecular flexibility index (Phi) is 3.03. The van der Waals surface area contributed by atoms with Crippen LogP contribution in [0.3, 0.4) is 0 Å². The molecule has 1 N–H and O–H groups in total. The first-order valence-corrected chi connectivity index (χ1v) is 7.26. The number of ether oxygens (including phenoxy) is 2. The summed E-state index contributed by atoms with van der Waals surface area (Å²) < 4.78 is 17.0. The number of rotatable bonds is 2. The van der Waals surface area contributed by atoms with Crippen LogP contribution in [-0.4, -0.2) is 29.3 Å². The van der Waals surface area contributed by atoms with Crippen LogP contribution in [0.2, 0.25) is 0 Å². The van der Waals surface area contributed by atoms with E-state index in [1.807, 2.05) is 24.3 Å². The molecule has 110 valence electrons. The van der Waals surface area contributed by atoms with Gasteiger partial charge in [-0.15, -0.1) is 0 Å². The van der Waals surface area contributed by atoms with Crippen LogP contribution in [0.4, 0.5) is 0 Å². The van der Waals surface area contributed by atoms with E-state index >= 15 is 0 Å². The molecule has 0 radical (unpaired) electrons. The number of nitrogens with one attached hydrogen (secondary N) is 1. The standard InChI is InChI=1S/C15H17N3O3/c1-9-10(6-7-16-9)15-17-14(18-21-15)13-8-19-11-4-2-3-5-12(11)20-13/h2-5,9-10,13,16H,6-8H2,1H3. The average molecular weight is 287 g/mol. The third-order valence-corrected chi connectivity index (χ3v) is 4.10. The first-order chi connectivity index (χ1) is 10.3. The first-order valence-electron chi connectivity index (χ1n) is 7.26. The Morgan fingerprint density at radius 1 is 1.24 bits per heavy atom. The van der Waals surface area contributed by atoms with Crippen molar-refractivity contribution < 1.29 is 14.0 Å². The quantitative estimate of drug-likeness (QED) is 0.911. The fraction of sp³-hybridized carbons (Fsp3) is 0.467. The van der Waals surface area contributed by atoms with Gasteiger partial charge in [0.1, 0.15) is 6.61 Å². The predicted molar refractivity (Wildman–Crippen MR) is 74.4 cm³/mol. The Bertz CT molecular complexity index is 643. The van der Waals surface area contributed by atoms with Gasteiger partial charge in [-0.25, -0.2) is 0 Å². The van der Waals surface area contributed by atoms with Crippen LogP contribution in [0.5, 0.6) is 11.5 Å². The lowest BCUT2D eigenvalue weighted by atomic mass is 10.0. The van der Waals surface area contributed by atoms with E-state index in [0.29, 0.717) is 24.4 Å². The molecule has 2 aliphatic rings. The lowest BCUT2D eigenvalue weighted by Crippen LogP contribution is -2.23. The zero-order valence-electron chi connectivity index (χ0n) is 11.8. The van der Waals surface area contributed by atoms with E-state index in [0.717, 1.165) is 24.5 Å². The summed E-state index contributed by atoms with van der Waals surface area (Å²) in [4.78, 5) is 4.52. The summed E-state index contributed by atoms with van der Waals surface area (Å²) in [6, 6.07) is 7.97. The Balaban J connectivity index is 1.54. The molecule has 0 spiro atoms. The molecule has 3 unspecified atom stereocenters. The summed E-state index contributed by atoms with van der Waals surface area (Å²) in [6.45, 7) is 3.52. The van der Waals surface area contributed by atoms with Crippen LogP contribution in [0.1, 0.15) is 37.1 Å². The number of fused-ring (bicyclic) bond motifs is 1. The summed E-state index contributed by atoms with van der Waals surface area (Å²) >= 11 is 0. The van der Waals surface area contributed by atoms with Gasteiger partial charge in [-0.2, -0.15) is 4.98 Å². The number of para-hydroxylation sites is 2. The lowest BCUT2D eigenvalue weighted by Gasteiger charge is -2.24. The highest BCUT2D eigenvalue weighted by molar-refractivity contribution is 5.40. The molecule has 1 aromatic carbocycles. The van der Waals surface area contributed by atoms with E-state index in [1.54, 1.807) is 0 Å². The van der Waals surface area contributed by atoms with Crippen molar-refractivity contribution in [3.8, 4) is 11.5 Å². The van der Waals surface area contributed by atoms with Crippen LogP contribution in [-0.2, 0) is 0 Å². The zero-order chi connectivity index (χ0) is 14.2. The van der Waals surface area contributed by atoms with E-state index in [-0.39, 0.29) is 12.0 Å².